The van der Waals surface area contributed by atoms with Crippen LogP contribution in [0.2, 0.25) is 0 Å². The number of hydrogen-bond donors (Lipinski definition) is 3. The molecule has 0 saturated carbocycles. The lowest BCUT2D eigenvalue weighted by atomic mass is 10.1. The third-order valence-electron chi connectivity index (χ3n) is 3.08. The van der Waals surface area contributed by atoms with Gasteiger partial charge in [-0.05, 0) is 25.1 Å². The summed E-state index contributed by atoms with van der Waals surface area (Å²) in [6, 6.07) is 7.69. The van der Waals surface area contributed by atoms with Gasteiger partial charge in [0.15, 0.2) is 0 Å². The summed E-state index contributed by atoms with van der Waals surface area (Å²) in [5.74, 6) is -0.0719. The van der Waals surface area contributed by atoms with Crippen LogP contribution in [0.3, 0.4) is 0 Å². The Hall–Kier alpha value is -1.76. The molecule has 1 amide bonds. The average molecular weight is 319 g/mol. The van der Waals surface area contributed by atoms with Gasteiger partial charge in [-0.1, -0.05) is 12.1 Å². The molecule has 3 N–H and O–H groups in total. The highest BCUT2D eigenvalue weighted by molar-refractivity contribution is 7.09. The Labute approximate surface area is 134 Å². The molecule has 0 radical (unpaired) electrons. The number of rotatable bonds is 8. The molecule has 0 atom stereocenters. The molecule has 2 aromatic rings. The molecular weight excluding hydrogens is 298 g/mol. The summed E-state index contributed by atoms with van der Waals surface area (Å²) in [5, 5.41) is 17.9. The molecule has 118 valence electrons. The third kappa shape index (κ3) is 5.22. The zero-order chi connectivity index (χ0) is 15.8. The van der Waals surface area contributed by atoms with E-state index in [1.807, 2.05) is 24.3 Å². The second-order valence-corrected chi connectivity index (χ2v) is 5.90. The lowest BCUT2D eigenvalue weighted by Gasteiger charge is -2.03. The zero-order valence-electron chi connectivity index (χ0n) is 12.6. The minimum atomic E-state index is -0.0719. The van der Waals surface area contributed by atoms with Gasteiger partial charge in [0, 0.05) is 43.1 Å². The van der Waals surface area contributed by atoms with Gasteiger partial charge in [0.2, 0.25) is 5.91 Å². The normalized spacial score (nSPS) is 10.6. The van der Waals surface area contributed by atoms with Gasteiger partial charge < -0.3 is 15.7 Å². The minimum Gasteiger partial charge on any atom is -0.396 e. The number of hydrogen-bond acceptors (Lipinski definition) is 5. The molecule has 1 heterocycles. The van der Waals surface area contributed by atoms with E-state index in [1.165, 1.54) is 6.92 Å². The summed E-state index contributed by atoms with van der Waals surface area (Å²) in [4.78, 5) is 15.6. The maximum atomic E-state index is 11.0. The smallest absolute Gasteiger partial charge is 0.221 e. The number of aliphatic hydroxyl groups is 1. The van der Waals surface area contributed by atoms with Crippen LogP contribution in [0.15, 0.2) is 29.6 Å². The summed E-state index contributed by atoms with van der Waals surface area (Å²) in [7, 11) is 0. The molecular formula is C16H21N3O2S. The van der Waals surface area contributed by atoms with E-state index >= 15 is 0 Å². The van der Waals surface area contributed by atoms with E-state index < -0.39 is 0 Å². The van der Waals surface area contributed by atoms with E-state index in [0.29, 0.717) is 0 Å². The topological polar surface area (TPSA) is 74.2 Å². The molecule has 1 aromatic carbocycles. The first-order valence-electron chi connectivity index (χ1n) is 7.33. The maximum absolute atomic E-state index is 11.0. The number of nitrogens with one attached hydrogen (secondary N) is 2. The molecule has 0 fully saturated rings. The van der Waals surface area contributed by atoms with Crippen molar-refractivity contribution < 1.29 is 9.90 Å². The second kappa shape index (κ2) is 8.63. The fourth-order valence-corrected chi connectivity index (χ4v) is 2.82. The molecule has 1 aromatic heterocycles. The number of nitrogens with zero attached hydrogens (tertiary/aromatic N) is 1. The maximum Gasteiger partial charge on any atom is 0.221 e. The van der Waals surface area contributed by atoms with E-state index in [-0.39, 0.29) is 12.5 Å². The SMILES string of the molecule is CC(=O)Nc1ccc(-c2csc(CCNCCCO)n2)cc1. The van der Waals surface area contributed by atoms with Gasteiger partial charge in [-0.3, -0.25) is 4.79 Å². The summed E-state index contributed by atoms with van der Waals surface area (Å²) < 4.78 is 0. The van der Waals surface area contributed by atoms with Crippen molar-refractivity contribution in [3.05, 3.63) is 34.7 Å². The third-order valence-corrected chi connectivity index (χ3v) is 3.99. The number of carbonyl (C=O) groups is 1. The Morgan fingerprint density at radius 2 is 2.05 bits per heavy atom. The van der Waals surface area contributed by atoms with Crippen molar-refractivity contribution in [2.45, 2.75) is 19.8 Å². The van der Waals surface area contributed by atoms with Crippen LogP contribution in [-0.4, -0.2) is 35.7 Å². The predicted molar refractivity (Wildman–Crippen MR) is 90.1 cm³/mol. The molecule has 2 rings (SSSR count). The highest BCUT2D eigenvalue weighted by Crippen LogP contribution is 2.23. The van der Waals surface area contributed by atoms with Crippen molar-refractivity contribution in [3.8, 4) is 11.3 Å². The largest absolute Gasteiger partial charge is 0.396 e. The van der Waals surface area contributed by atoms with Gasteiger partial charge in [0.05, 0.1) is 10.7 Å². The number of amides is 1. The van der Waals surface area contributed by atoms with Gasteiger partial charge in [-0.15, -0.1) is 11.3 Å². The molecule has 0 spiro atoms. The van der Waals surface area contributed by atoms with Crippen LogP contribution < -0.4 is 10.6 Å². The van der Waals surface area contributed by atoms with E-state index in [2.05, 4.69) is 21.0 Å². The van der Waals surface area contributed by atoms with Crippen molar-refractivity contribution in [3.63, 3.8) is 0 Å². The molecule has 6 heteroatoms. The van der Waals surface area contributed by atoms with Crippen molar-refractivity contribution >= 4 is 22.9 Å². The number of carbonyl (C=O) groups excluding carboxylic acids is 1. The van der Waals surface area contributed by atoms with Crippen LogP contribution in [0, 0.1) is 0 Å². The number of aliphatic hydroxyl groups excluding tert-OH is 1. The van der Waals surface area contributed by atoms with Gasteiger partial charge in [0.25, 0.3) is 0 Å². The van der Waals surface area contributed by atoms with Crippen molar-refractivity contribution in [1.82, 2.24) is 10.3 Å². The first kappa shape index (κ1) is 16.6. The summed E-state index contributed by atoms with van der Waals surface area (Å²) in [6.45, 7) is 3.42. The van der Waals surface area contributed by atoms with Crippen LogP contribution in [0.5, 0.6) is 0 Å². The monoisotopic (exact) mass is 319 g/mol. The Kier molecular flexibility index (Phi) is 6.51. The lowest BCUT2D eigenvalue weighted by Crippen LogP contribution is -2.19. The highest BCUT2D eigenvalue weighted by Gasteiger charge is 2.05. The first-order valence-corrected chi connectivity index (χ1v) is 8.21. The fraction of sp³-hybridized carbons (Fsp3) is 0.375. The van der Waals surface area contributed by atoms with Gasteiger partial charge in [0.1, 0.15) is 0 Å². The Balaban J connectivity index is 1.89. The van der Waals surface area contributed by atoms with Crippen LogP contribution in [0.4, 0.5) is 5.69 Å². The van der Waals surface area contributed by atoms with E-state index in [9.17, 15) is 4.79 Å². The molecule has 5 nitrogen and oxygen atoms in total. The molecule has 0 saturated heterocycles. The van der Waals surface area contributed by atoms with E-state index in [4.69, 9.17) is 5.11 Å². The van der Waals surface area contributed by atoms with Gasteiger partial charge in [-0.25, -0.2) is 4.98 Å². The van der Waals surface area contributed by atoms with E-state index in [1.54, 1.807) is 11.3 Å². The molecule has 0 aliphatic carbocycles. The van der Waals surface area contributed by atoms with Crippen LogP contribution in [-0.2, 0) is 11.2 Å². The average Bonchev–Trinajstić information content (AvgIpc) is 2.96. The Morgan fingerprint density at radius 1 is 1.27 bits per heavy atom. The molecule has 0 aliphatic heterocycles. The number of anilines is 1. The minimum absolute atomic E-state index is 0.0719. The fourth-order valence-electron chi connectivity index (χ4n) is 2.01. The number of aromatic nitrogens is 1. The first-order chi connectivity index (χ1) is 10.7. The van der Waals surface area contributed by atoms with Crippen LogP contribution in [0.25, 0.3) is 11.3 Å². The summed E-state index contributed by atoms with van der Waals surface area (Å²) >= 11 is 1.65. The zero-order valence-corrected chi connectivity index (χ0v) is 13.4. The van der Waals surface area contributed by atoms with Gasteiger partial charge in [-0.2, -0.15) is 0 Å². The standard InChI is InChI=1S/C16H21N3O2S/c1-12(21)18-14-5-3-13(4-6-14)15-11-22-16(19-15)7-9-17-8-2-10-20/h3-6,11,17,20H,2,7-10H2,1H3,(H,18,21). The quantitative estimate of drug-likeness (QED) is 0.653. The number of benzene rings is 1. The van der Waals surface area contributed by atoms with Gasteiger partial charge >= 0.3 is 0 Å². The second-order valence-electron chi connectivity index (χ2n) is 4.96. The lowest BCUT2D eigenvalue weighted by molar-refractivity contribution is -0.114. The highest BCUT2D eigenvalue weighted by atomic mass is 32.1. The number of thiazole rings is 1. The Bertz CT molecular complexity index is 596. The van der Waals surface area contributed by atoms with Crippen LogP contribution >= 0.6 is 11.3 Å². The van der Waals surface area contributed by atoms with Crippen molar-refractivity contribution in [2.75, 3.05) is 25.0 Å². The molecule has 22 heavy (non-hydrogen) atoms. The summed E-state index contributed by atoms with van der Waals surface area (Å²) in [6.07, 6.45) is 1.67. The van der Waals surface area contributed by atoms with Crippen molar-refractivity contribution in [2.24, 2.45) is 0 Å². The molecule has 0 unspecified atom stereocenters. The van der Waals surface area contributed by atoms with Crippen LogP contribution in [0.1, 0.15) is 18.4 Å². The van der Waals surface area contributed by atoms with Crippen molar-refractivity contribution in [1.29, 1.82) is 0 Å². The molecule has 0 bridgehead atoms. The molecule has 0 aliphatic rings. The summed E-state index contributed by atoms with van der Waals surface area (Å²) in [5.41, 5.74) is 2.80. The predicted octanol–water partition coefficient (Wildman–Crippen LogP) is 2.28. The Morgan fingerprint density at radius 3 is 2.73 bits per heavy atom. The van der Waals surface area contributed by atoms with E-state index in [0.717, 1.165) is 47.9 Å².